The first kappa shape index (κ1) is 12.5. The lowest BCUT2D eigenvalue weighted by molar-refractivity contribution is 0.782. The fourth-order valence-corrected chi connectivity index (χ4v) is 2.67. The topological polar surface area (TPSA) is 29.9 Å². The molecule has 17 heavy (non-hydrogen) atoms. The number of unbranched alkanes of at least 4 members (excludes halogenated alkanes) is 1. The zero-order valence-corrected chi connectivity index (χ0v) is 11.4. The van der Waals surface area contributed by atoms with Gasteiger partial charge in [0.25, 0.3) is 0 Å². The lowest BCUT2D eigenvalue weighted by atomic mass is 10.3. The van der Waals surface area contributed by atoms with Gasteiger partial charge < -0.3 is 9.88 Å². The monoisotopic (exact) mass is 269 g/mol. The van der Waals surface area contributed by atoms with E-state index in [0.29, 0.717) is 0 Å². The van der Waals surface area contributed by atoms with Crippen molar-refractivity contribution >= 4 is 28.9 Å². The molecular weight excluding hydrogens is 254 g/mol. The summed E-state index contributed by atoms with van der Waals surface area (Å²) in [5, 5.41) is 3.34. The average molecular weight is 270 g/mol. The van der Waals surface area contributed by atoms with Crippen LogP contribution in [0.15, 0.2) is 24.5 Å². The maximum absolute atomic E-state index is 5.92. The number of rotatable bonds is 6. The largest absolute Gasteiger partial charge is 0.356 e. The maximum atomic E-state index is 5.92. The molecule has 3 nitrogen and oxygen atoms in total. The van der Waals surface area contributed by atoms with Crippen LogP contribution in [0.25, 0.3) is 0 Å². The van der Waals surface area contributed by atoms with Gasteiger partial charge >= 0.3 is 0 Å². The normalized spacial score (nSPS) is 10.7. The molecule has 0 spiro atoms. The van der Waals surface area contributed by atoms with Crippen molar-refractivity contribution in [3.8, 4) is 0 Å². The highest BCUT2D eigenvalue weighted by atomic mass is 35.5. The van der Waals surface area contributed by atoms with Crippen molar-refractivity contribution in [3.63, 3.8) is 0 Å². The van der Waals surface area contributed by atoms with E-state index in [1.807, 2.05) is 18.5 Å². The van der Waals surface area contributed by atoms with Crippen LogP contribution in [0.2, 0.25) is 4.34 Å². The Labute approximate surface area is 110 Å². The van der Waals surface area contributed by atoms with Gasteiger partial charge in [0, 0.05) is 23.8 Å². The Balaban J connectivity index is 1.98. The van der Waals surface area contributed by atoms with E-state index in [0.717, 1.165) is 29.8 Å². The molecule has 0 bridgehead atoms. The third kappa shape index (κ3) is 3.48. The van der Waals surface area contributed by atoms with Crippen LogP contribution >= 0.6 is 22.9 Å². The van der Waals surface area contributed by atoms with Gasteiger partial charge in [0.2, 0.25) is 5.95 Å². The summed E-state index contributed by atoms with van der Waals surface area (Å²) in [6.45, 7) is 3.98. The molecule has 0 fully saturated rings. The number of thiophene rings is 1. The van der Waals surface area contributed by atoms with E-state index in [2.05, 4.69) is 27.9 Å². The Hall–Kier alpha value is -1.000. The van der Waals surface area contributed by atoms with E-state index in [1.165, 1.54) is 11.3 Å². The molecule has 0 aliphatic heterocycles. The summed E-state index contributed by atoms with van der Waals surface area (Å²) in [5.74, 6) is 0.933. The van der Waals surface area contributed by atoms with Crippen molar-refractivity contribution in [2.45, 2.75) is 26.3 Å². The van der Waals surface area contributed by atoms with Crippen LogP contribution in [0.1, 0.15) is 24.6 Å². The summed E-state index contributed by atoms with van der Waals surface area (Å²) in [5.41, 5.74) is 0. The molecule has 2 aromatic heterocycles. The molecule has 0 aliphatic rings. The Morgan fingerprint density at radius 1 is 1.47 bits per heavy atom. The highest BCUT2D eigenvalue weighted by Gasteiger charge is 2.04. The molecular formula is C12H16ClN3S. The molecule has 0 aliphatic carbocycles. The number of anilines is 1. The zero-order chi connectivity index (χ0) is 12.1. The lowest BCUT2D eigenvalue weighted by Gasteiger charge is -2.08. The van der Waals surface area contributed by atoms with Gasteiger partial charge in [-0.15, -0.1) is 11.3 Å². The SMILES string of the molecule is CCCCNc1nccn1Cc1ccc(Cl)s1. The molecule has 1 N–H and O–H groups in total. The highest BCUT2D eigenvalue weighted by molar-refractivity contribution is 7.16. The molecule has 2 rings (SSSR count). The molecule has 0 aromatic carbocycles. The van der Waals surface area contributed by atoms with E-state index < -0.39 is 0 Å². The summed E-state index contributed by atoms with van der Waals surface area (Å²) in [6, 6.07) is 3.99. The Morgan fingerprint density at radius 3 is 3.06 bits per heavy atom. The average Bonchev–Trinajstić information content (AvgIpc) is 2.90. The number of hydrogen-bond acceptors (Lipinski definition) is 3. The minimum Gasteiger partial charge on any atom is -0.356 e. The summed E-state index contributed by atoms with van der Waals surface area (Å²) >= 11 is 7.53. The van der Waals surface area contributed by atoms with Crippen molar-refractivity contribution in [1.29, 1.82) is 0 Å². The second kappa shape index (κ2) is 6.07. The third-order valence-electron chi connectivity index (χ3n) is 2.48. The van der Waals surface area contributed by atoms with Gasteiger partial charge in [0.1, 0.15) is 0 Å². The van der Waals surface area contributed by atoms with Gasteiger partial charge in [-0.2, -0.15) is 0 Å². The van der Waals surface area contributed by atoms with E-state index in [9.17, 15) is 0 Å². The van der Waals surface area contributed by atoms with Gasteiger partial charge in [-0.1, -0.05) is 24.9 Å². The van der Waals surface area contributed by atoms with E-state index in [4.69, 9.17) is 11.6 Å². The van der Waals surface area contributed by atoms with Crippen molar-refractivity contribution in [2.24, 2.45) is 0 Å². The van der Waals surface area contributed by atoms with Crippen LogP contribution in [0.4, 0.5) is 5.95 Å². The number of nitrogens with one attached hydrogen (secondary N) is 1. The molecule has 92 valence electrons. The summed E-state index contributed by atoms with van der Waals surface area (Å²) in [4.78, 5) is 5.56. The van der Waals surface area contributed by atoms with E-state index in [-0.39, 0.29) is 0 Å². The molecule has 0 saturated heterocycles. The highest BCUT2D eigenvalue weighted by Crippen LogP contribution is 2.23. The minimum absolute atomic E-state index is 0.825. The molecule has 0 saturated carbocycles. The van der Waals surface area contributed by atoms with Crippen molar-refractivity contribution in [3.05, 3.63) is 33.7 Å². The summed E-state index contributed by atoms with van der Waals surface area (Å²) in [7, 11) is 0. The molecule has 5 heteroatoms. The predicted molar refractivity (Wildman–Crippen MR) is 74.1 cm³/mol. The molecule has 0 atom stereocenters. The molecule has 2 heterocycles. The second-order valence-electron chi connectivity index (χ2n) is 3.86. The van der Waals surface area contributed by atoms with E-state index >= 15 is 0 Å². The standard InChI is InChI=1S/C12H16ClN3S/c1-2-3-6-14-12-15-7-8-16(12)9-10-4-5-11(13)17-10/h4-5,7-8H,2-3,6,9H2,1H3,(H,14,15). The van der Waals surface area contributed by atoms with Gasteiger partial charge in [0.15, 0.2) is 0 Å². The fraction of sp³-hybridized carbons (Fsp3) is 0.417. The first-order valence-corrected chi connectivity index (χ1v) is 6.98. The number of halogens is 1. The van der Waals surface area contributed by atoms with Crippen LogP contribution in [0.5, 0.6) is 0 Å². The quantitative estimate of drug-likeness (QED) is 0.807. The Morgan fingerprint density at radius 2 is 2.35 bits per heavy atom. The van der Waals surface area contributed by atoms with Crippen LogP contribution in [-0.2, 0) is 6.54 Å². The van der Waals surface area contributed by atoms with Crippen LogP contribution in [0, 0.1) is 0 Å². The Kier molecular flexibility index (Phi) is 4.45. The smallest absolute Gasteiger partial charge is 0.203 e. The minimum atomic E-state index is 0.825. The second-order valence-corrected chi connectivity index (χ2v) is 5.66. The number of imidazole rings is 1. The molecule has 2 aromatic rings. The first-order valence-electron chi connectivity index (χ1n) is 5.79. The third-order valence-corrected chi connectivity index (χ3v) is 3.70. The van der Waals surface area contributed by atoms with Gasteiger partial charge in [-0.05, 0) is 18.6 Å². The lowest BCUT2D eigenvalue weighted by Crippen LogP contribution is -2.08. The van der Waals surface area contributed by atoms with Crippen molar-refractivity contribution < 1.29 is 0 Å². The number of nitrogens with zero attached hydrogens (tertiary/aromatic N) is 2. The first-order chi connectivity index (χ1) is 8.29. The van der Waals surface area contributed by atoms with Crippen LogP contribution in [-0.4, -0.2) is 16.1 Å². The predicted octanol–water partition coefficient (Wildman–Crippen LogP) is 3.86. The summed E-state index contributed by atoms with van der Waals surface area (Å²) in [6.07, 6.45) is 6.16. The van der Waals surface area contributed by atoms with E-state index in [1.54, 1.807) is 11.3 Å². The Bertz CT molecular complexity index is 464. The van der Waals surface area contributed by atoms with Crippen LogP contribution in [0.3, 0.4) is 0 Å². The number of hydrogen-bond donors (Lipinski definition) is 1. The van der Waals surface area contributed by atoms with Crippen LogP contribution < -0.4 is 5.32 Å². The summed E-state index contributed by atoms with van der Waals surface area (Å²) < 4.78 is 2.94. The maximum Gasteiger partial charge on any atom is 0.203 e. The molecule has 0 radical (unpaired) electrons. The number of aromatic nitrogens is 2. The van der Waals surface area contributed by atoms with Crippen molar-refractivity contribution in [2.75, 3.05) is 11.9 Å². The zero-order valence-electron chi connectivity index (χ0n) is 9.82. The van der Waals surface area contributed by atoms with Crippen molar-refractivity contribution in [1.82, 2.24) is 9.55 Å². The van der Waals surface area contributed by atoms with Gasteiger partial charge in [-0.25, -0.2) is 4.98 Å². The fourth-order valence-electron chi connectivity index (χ4n) is 1.59. The van der Waals surface area contributed by atoms with Gasteiger partial charge in [-0.3, -0.25) is 0 Å². The molecule has 0 amide bonds. The molecule has 0 unspecified atom stereocenters. The van der Waals surface area contributed by atoms with Gasteiger partial charge in [0.05, 0.1) is 10.9 Å².